The van der Waals surface area contributed by atoms with Crippen molar-refractivity contribution in [1.29, 1.82) is 0 Å². The van der Waals surface area contributed by atoms with Gasteiger partial charge in [-0.1, -0.05) is 28.1 Å². The summed E-state index contributed by atoms with van der Waals surface area (Å²) < 4.78 is 17.7. The first-order valence-electron chi connectivity index (χ1n) is 9.98. The summed E-state index contributed by atoms with van der Waals surface area (Å²) in [5, 5.41) is 0.497. The summed E-state index contributed by atoms with van der Waals surface area (Å²) in [5.74, 6) is 0.631. The van der Waals surface area contributed by atoms with E-state index in [2.05, 4.69) is 34.3 Å². The molecule has 1 atom stereocenters. The highest BCUT2D eigenvalue weighted by Gasteiger charge is 2.41. The molecule has 7 nitrogen and oxygen atoms in total. The Labute approximate surface area is 186 Å². The van der Waals surface area contributed by atoms with Crippen molar-refractivity contribution in [1.82, 2.24) is 13.7 Å². The normalized spacial score (nSPS) is 17.8. The van der Waals surface area contributed by atoms with Crippen molar-refractivity contribution in [2.24, 2.45) is 14.1 Å². The molecular formula is C23H22BrN3O4. The molecule has 1 aromatic carbocycles. The lowest BCUT2D eigenvalue weighted by atomic mass is 10.0. The fourth-order valence-electron chi connectivity index (χ4n) is 4.54. The van der Waals surface area contributed by atoms with Crippen LogP contribution in [-0.2, 0) is 24.4 Å². The highest BCUT2D eigenvalue weighted by atomic mass is 79.9. The molecule has 1 aliphatic rings. The molecule has 0 radical (unpaired) electrons. The standard InChI is InChI=1S/C23H22BrN3O4/c1-23(2)12-31-20(15-6-5-11-30-15)19-18-16(21(28)26(4)22(29)25(18)3)17(27(19)23)13-7-9-14(24)10-8-13/h5-11,20H,12H2,1-4H3. The quantitative estimate of drug-likeness (QED) is 0.433. The molecule has 0 aliphatic carbocycles. The average Bonchev–Trinajstić information content (AvgIpc) is 3.39. The zero-order valence-electron chi connectivity index (χ0n) is 17.7. The van der Waals surface area contributed by atoms with Gasteiger partial charge >= 0.3 is 5.69 Å². The maximum absolute atomic E-state index is 13.4. The predicted octanol–water partition coefficient (Wildman–Crippen LogP) is 3.92. The van der Waals surface area contributed by atoms with Crippen LogP contribution in [0, 0.1) is 0 Å². The number of aryl methyl sites for hydroxylation is 1. The lowest BCUT2D eigenvalue weighted by Gasteiger charge is -2.38. The van der Waals surface area contributed by atoms with Crippen LogP contribution < -0.4 is 11.2 Å². The molecular weight excluding hydrogens is 462 g/mol. The van der Waals surface area contributed by atoms with Crippen molar-refractivity contribution in [3.8, 4) is 11.3 Å². The summed E-state index contributed by atoms with van der Waals surface area (Å²) in [6, 6.07) is 11.5. The molecule has 4 aromatic rings. The molecule has 31 heavy (non-hydrogen) atoms. The highest BCUT2D eigenvalue weighted by Crippen LogP contribution is 2.45. The van der Waals surface area contributed by atoms with E-state index in [4.69, 9.17) is 9.15 Å². The number of aromatic nitrogens is 3. The van der Waals surface area contributed by atoms with Crippen molar-refractivity contribution in [2.45, 2.75) is 25.5 Å². The molecule has 0 N–H and O–H groups in total. The zero-order valence-corrected chi connectivity index (χ0v) is 19.3. The van der Waals surface area contributed by atoms with Crippen LogP contribution >= 0.6 is 15.9 Å². The van der Waals surface area contributed by atoms with Gasteiger partial charge in [-0.05, 0) is 43.7 Å². The molecule has 0 bridgehead atoms. The number of hydrogen-bond acceptors (Lipinski definition) is 4. The number of nitrogens with zero attached hydrogens (tertiary/aromatic N) is 3. The Kier molecular flexibility index (Phi) is 4.43. The highest BCUT2D eigenvalue weighted by molar-refractivity contribution is 9.10. The first-order chi connectivity index (χ1) is 14.7. The van der Waals surface area contributed by atoms with Gasteiger partial charge in [-0.15, -0.1) is 0 Å². The Morgan fingerprint density at radius 2 is 1.77 bits per heavy atom. The second-order valence-corrected chi connectivity index (χ2v) is 9.44. The van der Waals surface area contributed by atoms with Crippen LogP contribution in [0.4, 0.5) is 0 Å². The third-order valence-corrected chi connectivity index (χ3v) is 6.51. The summed E-state index contributed by atoms with van der Waals surface area (Å²) in [6.45, 7) is 4.56. The molecule has 8 heteroatoms. The first-order valence-corrected chi connectivity index (χ1v) is 10.8. The Balaban J connectivity index is 2.03. The third-order valence-electron chi connectivity index (χ3n) is 5.98. The molecule has 3 aromatic heterocycles. The molecule has 1 unspecified atom stereocenters. The lowest BCUT2D eigenvalue weighted by Crippen LogP contribution is -2.40. The first kappa shape index (κ1) is 20.1. The molecule has 0 saturated carbocycles. The topological polar surface area (TPSA) is 71.3 Å². The van der Waals surface area contributed by atoms with Crippen molar-refractivity contribution in [3.63, 3.8) is 0 Å². The van der Waals surface area contributed by atoms with E-state index in [0.717, 1.165) is 26.0 Å². The number of halogens is 1. The van der Waals surface area contributed by atoms with Crippen LogP contribution in [0.3, 0.4) is 0 Å². The van der Waals surface area contributed by atoms with E-state index in [1.54, 1.807) is 13.3 Å². The monoisotopic (exact) mass is 483 g/mol. The molecule has 0 saturated heterocycles. The van der Waals surface area contributed by atoms with Crippen LogP contribution in [0.5, 0.6) is 0 Å². The molecule has 1 aliphatic heterocycles. The number of ether oxygens (including phenoxy) is 1. The smallest absolute Gasteiger partial charge is 0.331 e. The predicted molar refractivity (Wildman–Crippen MR) is 121 cm³/mol. The van der Waals surface area contributed by atoms with Crippen molar-refractivity contribution in [3.05, 3.63) is 79.4 Å². The minimum Gasteiger partial charge on any atom is -0.466 e. The van der Waals surface area contributed by atoms with Gasteiger partial charge < -0.3 is 13.7 Å². The Hall–Kier alpha value is -2.84. The maximum Gasteiger partial charge on any atom is 0.331 e. The van der Waals surface area contributed by atoms with E-state index >= 15 is 0 Å². The van der Waals surface area contributed by atoms with E-state index in [9.17, 15) is 9.59 Å². The minimum atomic E-state index is -0.535. The van der Waals surface area contributed by atoms with Crippen LogP contribution in [0.15, 0.2) is 61.1 Å². The Morgan fingerprint density at radius 1 is 1.06 bits per heavy atom. The van der Waals surface area contributed by atoms with Gasteiger partial charge in [0.1, 0.15) is 5.76 Å². The largest absolute Gasteiger partial charge is 0.466 e. The number of hydrogen-bond donors (Lipinski definition) is 0. The summed E-state index contributed by atoms with van der Waals surface area (Å²) >= 11 is 3.49. The van der Waals surface area contributed by atoms with Crippen LogP contribution in [-0.4, -0.2) is 20.3 Å². The van der Waals surface area contributed by atoms with E-state index in [1.807, 2.05) is 36.4 Å². The fourth-order valence-corrected chi connectivity index (χ4v) is 4.80. The molecule has 4 heterocycles. The molecule has 0 amide bonds. The summed E-state index contributed by atoms with van der Waals surface area (Å²) in [7, 11) is 3.20. The lowest BCUT2D eigenvalue weighted by molar-refractivity contribution is -0.0164. The number of rotatable bonds is 2. The number of fused-ring (bicyclic) bond motifs is 3. The van der Waals surface area contributed by atoms with E-state index in [1.165, 1.54) is 11.6 Å². The van der Waals surface area contributed by atoms with Gasteiger partial charge in [-0.25, -0.2) is 4.79 Å². The Bertz CT molecular complexity index is 1420. The molecule has 160 valence electrons. The second-order valence-electron chi connectivity index (χ2n) is 8.52. The van der Waals surface area contributed by atoms with Gasteiger partial charge in [0.15, 0.2) is 6.10 Å². The fraction of sp³-hybridized carbons (Fsp3) is 0.304. The van der Waals surface area contributed by atoms with E-state index < -0.39 is 11.6 Å². The van der Waals surface area contributed by atoms with Gasteiger partial charge in [0.05, 0.1) is 40.7 Å². The number of furan rings is 1. The summed E-state index contributed by atoms with van der Waals surface area (Å²) in [4.78, 5) is 26.3. The minimum absolute atomic E-state index is 0.327. The summed E-state index contributed by atoms with van der Waals surface area (Å²) in [5.41, 5.74) is 1.82. The van der Waals surface area contributed by atoms with Crippen molar-refractivity contribution < 1.29 is 9.15 Å². The van der Waals surface area contributed by atoms with Gasteiger partial charge in [-0.2, -0.15) is 0 Å². The van der Waals surface area contributed by atoms with Crippen molar-refractivity contribution >= 4 is 26.8 Å². The van der Waals surface area contributed by atoms with Gasteiger partial charge in [-0.3, -0.25) is 13.9 Å². The third kappa shape index (κ3) is 2.81. The van der Waals surface area contributed by atoms with Crippen molar-refractivity contribution in [2.75, 3.05) is 6.61 Å². The molecule has 0 spiro atoms. The molecule has 0 fully saturated rings. The average molecular weight is 484 g/mol. The SMILES string of the molecule is Cn1c(=O)c2c(-c3ccc(Br)cc3)n3c(c2n(C)c1=O)C(c1ccco1)OCC3(C)C. The zero-order chi connectivity index (χ0) is 22.1. The van der Waals surface area contributed by atoms with E-state index in [-0.39, 0.29) is 11.2 Å². The van der Waals surface area contributed by atoms with Crippen LogP contribution in [0.25, 0.3) is 22.2 Å². The van der Waals surface area contributed by atoms with E-state index in [0.29, 0.717) is 23.3 Å². The van der Waals surface area contributed by atoms with Gasteiger partial charge in [0, 0.05) is 18.6 Å². The van der Waals surface area contributed by atoms with Gasteiger partial charge in [0.25, 0.3) is 5.56 Å². The van der Waals surface area contributed by atoms with Gasteiger partial charge in [0.2, 0.25) is 0 Å². The second kappa shape index (κ2) is 6.83. The molecule has 5 rings (SSSR count). The Morgan fingerprint density at radius 3 is 2.42 bits per heavy atom. The van der Waals surface area contributed by atoms with Crippen LogP contribution in [0.2, 0.25) is 0 Å². The van der Waals surface area contributed by atoms with Crippen LogP contribution in [0.1, 0.15) is 31.4 Å². The summed E-state index contributed by atoms with van der Waals surface area (Å²) in [6.07, 6.45) is 1.06. The maximum atomic E-state index is 13.4. The number of benzene rings is 1.